The van der Waals surface area contributed by atoms with Gasteiger partial charge in [0.25, 0.3) is 5.91 Å². The summed E-state index contributed by atoms with van der Waals surface area (Å²) in [5, 5.41) is 9.77. The van der Waals surface area contributed by atoms with Gasteiger partial charge in [0.2, 0.25) is 0 Å². The number of ether oxygens (including phenoxy) is 1. The second kappa shape index (κ2) is 8.47. The number of aromatic hydroxyl groups is 1. The monoisotopic (exact) mass is 395 g/mol. The average molecular weight is 395 g/mol. The van der Waals surface area contributed by atoms with Crippen molar-refractivity contribution >= 4 is 18.5 Å². The van der Waals surface area contributed by atoms with E-state index < -0.39 is 0 Å². The van der Waals surface area contributed by atoms with Crippen LogP contribution in [0.4, 0.5) is 0 Å². The number of phenols is 1. The highest BCUT2D eigenvalue weighted by atomic mass is 16.5. The molecule has 1 saturated heterocycles. The number of nitrogens with zero attached hydrogens (tertiary/aromatic N) is 1. The maximum absolute atomic E-state index is 13.1. The van der Waals surface area contributed by atoms with E-state index in [0.717, 1.165) is 6.42 Å². The van der Waals surface area contributed by atoms with Gasteiger partial charge < -0.3 is 14.7 Å². The molecule has 1 N–H and O–H groups in total. The summed E-state index contributed by atoms with van der Waals surface area (Å²) in [6, 6.07) is 11.4. The molecule has 152 valence electrons. The molecule has 1 heterocycles. The number of hydrogen-bond donors (Lipinski definition) is 1. The molecule has 0 unspecified atom stereocenters. The molecule has 6 nitrogen and oxygen atoms in total. The van der Waals surface area contributed by atoms with Crippen LogP contribution in [0.2, 0.25) is 0 Å². The molecule has 1 fully saturated rings. The summed E-state index contributed by atoms with van der Waals surface area (Å²) in [5.41, 5.74) is 0.858. The largest absolute Gasteiger partial charge is 0.507 e. The van der Waals surface area contributed by atoms with E-state index in [1.54, 1.807) is 36.4 Å². The van der Waals surface area contributed by atoms with E-state index in [0.29, 0.717) is 49.0 Å². The van der Waals surface area contributed by atoms with Crippen molar-refractivity contribution in [3.05, 3.63) is 59.2 Å². The molecule has 0 aliphatic carbocycles. The van der Waals surface area contributed by atoms with Crippen LogP contribution in [-0.2, 0) is 0 Å². The molecule has 3 rings (SSSR count). The molecule has 6 heteroatoms. The minimum absolute atomic E-state index is 0.0462. The first-order valence-corrected chi connectivity index (χ1v) is 9.61. The van der Waals surface area contributed by atoms with Crippen molar-refractivity contribution < 1.29 is 24.2 Å². The van der Waals surface area contributed by atoms with Gasteiger partial charge in [0.15, 0.2) is 12.6 Å². The number of rotatable bonds is 7. The molecule has 1 atom stereocenters. The van der Waals surface area contributed by atoms with Crippen molar-refractivity contribution in [3.63, 3.8) is 0 Å². The quantitative estimate of drug-likeness (QED) is 0.722. The molecule has 1 aliphatic heterocycles. The maximum Gasteiger partial charge on any atom is 0.254 e. The molecule has 2 aromatic rings. The first-order chi connectivity index (χ1) is 13.9. The Morgan fingerprint density at radius 1 is 1.17 bits per heavy atom. The van der Waals surface area contributed by atoms with Gasteiger partial charge in [0.05, 0.1) is 17.7 Å². The number of amides is 1. The number of aldehydes is 2. The van der Waals surface area contributed by atoms with Crippen LogP contribution in [-0.4, -0.2) is 47.7 Å². The number of likely N-dealkylation sites (tertiary alicyclic amines) is 1. The van der Waals surface area contributed by atoms with Gasteiger partial charge in [0.1, 0.15) is 11.5 Å². The van der Waals surface area contributed by atoms with E-state index in [9.17, 15) is 19.5 Å². The Morgan fingerprint density at radius 2 is 1.93 bits per heavy atom. The van der Waals surface area contributed by atoms with Gasteiger partial charge in [0, 0.05) is 24.6 Å². The minimum Gasteiger partial charge on any atom is -0.507 e. The highest BCUT2D eigenvalue weighted by Gasteiger charge is 2.40. The molecule has 0 aromatic heterocycles. The van der Waals surface area contributed by atoms with Gasteiger partial charge in [-0.1, -0.05) is 38.1 Å². The van der Waals surface area contributed by atoms with E-state index in [1.165, 1.54) is 6.07 Å². The van der Waals surface area contributed by atoms with Crippen molar-refractivity contribution in [2.45, 2.75) is 32.7 Å². The number of phenolic OH excluding ortho intramolecular Hbond substituents is 1. The Labute approximate surface area is 170 Å². The predicted molar refractivity (Wildman–Crippen MR) is 109 cm³/mol. The topological polar surface area (TPSA) is 83.9 Å². The average Bonchev–Trinajstić information content (AvgIpc) is 3.02. The van der Waals surface area contributed by atoms with E-state index in [-0.39, 0.29) is 28.7 Å². The zero-order chi connectivity index (χ0) is 21.0. The van der Waals surface area contributed by atoms with E-state index >= 15 is 0 Å². The first-order valence-electron chi connectivity index (χ1n) is 9.61. The summed E-state index contributed by atoms with van der Waals surface area (Å²) in [7, 11) is 0. The fourth-order valence-electron chi connectivity index (χ4n) is 3.93. The van der Waals surface area contributed by atoms with Crippen molar-refractivity contribution in [3.8, 4) is 11.5 Å². The molecular weight excluding hydrogens is 370 g/mol. The lowest BCUT2D eigenvalue weighted by Gasteiger charge is -2.25. The summed E-state index contributed by atoms with van der Waals surface area (Å²) in [4.78, 5) is 37.5. The van der Waals surface area contributed by atoms with Crippen LogP contribution in [0.25, 0.3) is 0 Å². The van der Waals surface area contributed by atoms with E-state index in [2.05, 4.69) is 13.8 Å². The Balaban J connectivity index is 1.74. The first kappa shape index (κ1) is 20.6. The Morgan fingerprint density at radius 3 is 2.66 bits per heavy atom. The van der Waals surface area contributed by atoms with Crippen LogP contribution >= 0.6 is 0 Å². The SMILES string of the molecule is CC1(C)C[C@@H](CCOc2cccc(O)c2C=O)N(C(=O)c2ccccc2C=O)C1. The van der Waals surface area contributed by atoms with Gasteiger partial charge in [-0.3, -0.25) is 14.4 Å². The maximum atomic E-state index is 13.1. The van der Waals surface area contributed by atoms with Gasteiger partial charge in [-0.25, -0.2) is 0 Å². The van der Waals surface area contributed by atoms with Crippen LogP contribution in [0, 0.1) is 5.41 Å². The van der Waals surface area contributed by atoms with Crippen molar-refractivity contribution in [2.75, 3.05) is 13.2 Å². The van der Waals surface area contributed by atoms with Crippen LogP contribution in [0.5, 0.6) is 11.5 Å². The zero-order valence-electron chi connectivity index (χ0n) is 16.6. The van der Waals surface area contributed by atoms with Gasteiger partial charge in [-0.15, -0.1) is 0 Å². The fourth-order valence-corrected chi connectivity index (χ4v) is 3.93. The molecule has 1 amide bonds. The highest BCUT2D eigenvalue weighted by Crippen LogP contribution is 2.36. The van der Waals surface area contributed by atoms with Gasteiger partial charge >= 0.3 is 0 Å². The summed E-state index contributed by atoms with van der Waals surface area (Å²) in [5.74, 6) is 0.0393. The molecule has 1 aliphatic rings. The normalized spacial score (nSPS) is 17.7. The third kappa shape index (κ3) is 4.47. The Hall–Kier alpha value is -3.15. The van der Waals surface area contributed by atoms with Crippen LogP contribution in [0.1, 0.15) is 57.8 Å². The highest BCUT2D eigenvalue weighted by molar-refractivity contribution is 6.01. The summed E-state index contributed by atoms with van der Waals surface area (Å²) >= 11 is 0. The third-order valence-corrected chi connectivity index (χ3v) is 5.28. The Kier molecular flexibility index (Phi) is 6.01. The number of benzene rings is 2. The lowest BCUT2D eigenvalue weighted by atomic mass is 9.90. The summed E-state index contributed by atoms with van der Waals surface area (Å²) < 4.78 is 5.73. The Bertz CT molecular complexity index is 921. The smallest absolute Gasteiger partial charge is 0.254 e. The van der Waals surface area contributed by atoms with Crippen LogP contribution in [0.3, 0.4) is 0 Å². The standard InChI is InChI=1S/C23H25NO5/c1-23(2)12-17(10-11-29-21-9-5-8-20(27)19(21)14-26)24(15-23)22(28)18-7-4-3-6-16(18)13-25/h3-9,13-14,17,27H,10-12,15H2,1-2H3/t17-/m1/s1. The lowest BCUT2D eigenvalue weighted by Crippen LogP contribution is -2.37. The zero-order valence-corrected chi connectivity index (χ0v) is 16.6. The van der Waals surface area contributed by atoms with E-state index in [4.69, 9.17) is 4.74 Å². The van der Waals surface area contributed by atoms with Crippen molar-refractivity contribution in [1.82, 2.24) is 4.90 Å². The lowest BCUT2D eigenvalue weighted by molar-refractivity contribution is 0.0707. The number of carbonyl (C=O) groups excluding carboxylic acids is 3. The summed E-state index contributed by atoms with van der Waals surface area (Å²) in [6.45, 7) is 5.11. The summed E-state index contributed by atoms with van der Waals surface area (Å²) in [6.07, 6.45) is 2.66. The second-order valence-electron chi connectivity index (χ2n) is 8.10. The molecule has 2 aromatic carbocycles. The van der Waals surface area contributed by atoms with Crippen LogP contribution in [0.15, 0.2) is 42.5 Å². The third-order valence-electron chi connectivity index (χ3n) is 5.28. The van der Waals surface area contributed by atoms with E-state index in [1.807, 2.05) is 4.90 Å². The predicted octanol–water partition coefficient (Wildman–Crippen LogP) is 3.73. The fraction of sp³-hybridized carbons (Fsp3) is 0.348. The van der Waals surface area contributed by atoms with Crippen LogP contribution < -0.4 is 4.74 Å². The molecule has 0 saturated carbocycles. The molecule has 29 heavy (non-hydrogen) atoms. The number of carbonyl (C=O) groups is 3. The molecular formula is C23H25NO5. The molecule has 0 radical (unpaired) electrons. The van der Waals surface area contributed by atoms with Gasteiger partial charge in [-0.2, -0.15) is 0 Å². The second-order valence-corrected chi connectivity index (χ2v) is 8.10. The van der Waals surface area contributed by atoms with Gasteiger partial charge in [-0.05, 0) is 30.0 Å². The minimum atomic E-state index is -0.158. The molecule has 0 bridgehead atoms. The number of hydrogen-bond acceptors (Lipinski definition) is 5. The molecule has 0 spiro atoms. The van der Waals surface area contributed by atoms with Crippen molar-refractivity contribution in [1.29, 1.82) is 0 Å². The van der Waals surface area contributed by atoms with Crippen molar-refractivity contribution in [2.24, 2.45) is 5.41 Å².